The van der Waals surface area contributed by atoms with Gasteiger partial charge < -0.3 is 25.8 Å². The van der Waals surface area contributed by atoms with Crippen LogP contribution in [0.25, 0.3) is 0 Å². The minimum absolute atomic E-state index is 0.0472. The lowest BCUT2D eigenvalue weighted by molar-refractivity contribution is 0.0497. The molecule has 0 saturated carbocycles. The van der Waals surface area contributed by atoms with Crippen LogP contribution in [-0.4, -0.2) is 76.8 Å². The van der Waals surface area contributed by atoms with Crippen LogP contribution in [0.15, 0.2) is 9.79 Å². The van der Waals surface area contributed by atoms with Gasteiger partial charge in [-0.15, -0.1) is 0 Å². The van der Waals surface area contributed by atoms with Gasteiger partial charge in [0.15, 0.2) is 11.5 Å². The number of carbonyl (C=O) groups excluding carboxylic acids is 1. The molecule has 1 aliphatic heterocycles. The van der Waals surface area contributed by atoms with E-state index in [1.165, 1.54) is 6.34 Å². The quantitative estimate of drug-likeness (QED) is 0.418. The number of nitrogens with one attached hydrogen (secondary N) is 2. The van der Waals surface area contributed by atoms with E-state index in [1.54, 1.807) is 46.7 Å². The van der Waals surface area contributed by atoms with E-state index in [0.29, 0.717) is 0 Å². The predicted octanol–water partition coefficient (Wildman–Crippen LogP) is 0.235. The van der Waals surface area contributed by atoms with E-state index in [9.17, 15) is 14.7 Å². The van der Waals surface area contributed by atoms with Crippen LogP contribution in [0, 0.1) is 0 Å². The van der Waals surface area contributed by atoms with Crippen molar-refractivity contribution in [1.29, 1.82) is 0 Å². The van der Waals surface area contributed by atoms with Gasteiger partial charge in [0.05, 0.1) is 18.5 Å². The van der Waals surface area contributed by atoms with Crippen molar-refractivity contribution in [3.63, 3.8) is 0 Å². The number of anilines is 2. The summed E-state index contributed by atoms with van der Waals surface area (Å²) in [6, 6.07) is -1.43. The van der Waals surface area contributed by atoms with Gasteiger partial charge in [-0.25, -0.2) is 9.79 Å². The fourth-order valence-electron chi connectivity index (χ4n) is 2.65. The first kappa shape index (κ1) is 21.6. The van der Waals surface area contributed by atoms with Gasteiger partial charge in [-0.2, -0.15) is 4.98 Å². The third-order valence-corrected chi connectivity index (χ3v) is 3.87. The van der Waals surface area contributed by atoms with Crippen LogP contribution in [0.4, 0.5) is 22.2 Å². The molecule has 0 fully saturated rings. The van der Waals surface area contributed by atoms with E-state index in [0.717, 1.165) is 4.90 Å². The second-order valence-corrected chi connectivity index (χ2v) is 7.94. The number of aromatic nitrogens is 2. The summed E-state index contributed by atoms with van der Waals surface area (Å²) >= 11 is 0. The summed E-state index contributed by atoms with van der Waals surface area (Å²) in [7, 11) is 3.56. The summed E-state index contributed by atoms with van der Waals surface area (Å²) in [5.41, 5.74) is 4.40. The number of nitrogens with zero attached hydrogens (tertiary/aromatic N) is 4. The van der Waals surface area contributed by atoms with E-state index in [4.69, 9.17) is 10.5 Å². The molecule has 5 N–H and O–H groups in total. The summed E-state index contributed by atoms with van der Waals surface area (Å²) < 4.78 is 5.45. The fraction of sp³-hybridized carbons (Fsp3) is 0.647. The molecular weight excluding hydrogens is 366 g/mol. The molecule has 3 atom stereocenters. The zero-order valence-corrected chi connectivity index (χ0v) is 17.1. The lowest BCUT2D eigenvalue weighted by atomic mass is 10.0. The number of nitrogens with two attached hydrogens (primary N) is 1. The second kappa shape index (κ2) is 8.15. The van der Waals surface area contributed by atoms with Crippen molar-refractivity contribution in [2.45, 2.75) is 51.5 Å². The van der Waals surface area contributed by atoms with Crippen molar-refractivity contribution < 1.29 is 14.6 Å². The molecule has 1 aliphatic rings. The third kappa shape index (κ3) is 4.98. The minimum atomic E-state index is -1.08. The highest BCUT2D eigenvalue weighted by atomic mass is 16.6. The molecule has 28 heavy (non-hydrogen) atoms. The smallest absolute Gasteiger partial charge is 0.415 e. The Bertz CT molecular complexity index is 798. The Morgan fingerprint density at radius 2 is 2.14 bits per heavy atom. The second-order valence-electron chi connectivity index (χ2n) is 7.94. The molecule has 156 valence electrons. The van der Waals surface area contributed by atoms with Crippen LogP contribution in [0.1, 0.15) is 27.7 Å². The van der Waals surface area contributed by atoms with E-state index >= 15 is 0 Å². The number of ether oxygens (including phenoxy) is 1. The zero-order valence-electron chi connectivity index (χ0n) is 17.1. The van der Waals surface area contributed by atoms with Crippen LogP contribution in [-0.2, 0) is 4.74 Å². The molecule has 11 heteroatoms. The molecule has 0 spiro atoms. The van der Waals surface area contributed by atoms with Gasteiger partial charge in [0, 0.05) is 26.7 Å². The number of H-pyrrole nitrogens is 1. The lowest BCUT2D eigenvalue weighted by Crippen LogP contribution is -2.59. The highest BCUT2D eigenvalue weighted by Gasteiger charge is 2.41. The fourth-order valence-corrected chi connectivity index (χ4v) is 2.65. The summed E-state index contributed by atoms with van der Waals surface area (Å²) in [6.45, 7) is 6.91. The summed E-state index contributed by atoms with van der Waals surface area (Å²) in [6.07, 6.45) is -0.363. The molecule has 2 rings (SSSR count). The first-order chi connectivity index (χ1) is 12.9. The largest absolute Gasteiger partial charge is 0.443 e. The number of hydrogen-bond donors (Lipinski definition) is 4. The van der Waals surface area contributed by atoms with Crippen LogP contribution in [0.2, 0.25) is 0 Å². The number of amides is 1. The number of hydrogen-bond acceptors (Lipinski definition) is 8. The molecule has 0 bridgehead atoms. The molecule has 0 aliphatic carbocycles. The van der Waals surface area contributed by atoms with Crippen molar-refractivity contribution in [3.05, 3.63) is 10.4 Å². The molecule has 11 nitrogen and oxygen atoms in total. The number of aliphatic imine (C=N–C) groups is 1. The Morgan fingerprint density at radius 1 is 1.50 bits per heavy atom. The molecule has 1 aromatic heterocycles. The molecule has 1 amide bonds. The standard InChI is InChI=1S/C17H29N7O4/c1-9(18)12(25)10-7-19-13-11(24(10)16(27)28-17(2,3)4)14(26)22-15(21-13)20-8-23(5)6/h8-10,12,25H,7,18H2,1-6H3,(H2,19,21,22,26)/b20-8+/t9?,10?,12-/m0/s1. The zero-order chi connectivity index (χ0) is 21.2. The Kier molecular flexibility index (Phi) is 6.30. The van der Waals surface area contributed by atoms with Crippen LogP contribution in [0.5, 0.6) is 0 Å². The number of carbonyl (C=O) groups is 1. The Labute approximate surface area is 163 Å². The maximum atomic E-state index is 12.9. The first-order valence-corrected chi connectivity index (χ1v) is 8.95. The average Bonchev–Trinajstić information content (AvgIpc) is 2.56. The van der Waals surface area contributed by atoms with E-state index in [1.807, 2.05) is 0 Å². The highest BCUT2D eigenvalue weighted by molar-refractivity contribution is 5.93. The van der Waals surface area contributed by atoms with Crippen molar-refractivity contribution >= 4 is 29.9 Å². The van der Waals surface area contributed by atoms with Crippen LogP contribution in [0.3, 0.4) is 0 Å². The topological polar surface area (TPSA) is 149 Å². The molecule has 2 unspecified atom stereocenters. The van der Waals surface area contributed by atoms with E-state index in [-0.39, 0.29) is 24.0 Å². The van der Waals surface area contributed by atoms with Crippen molar-refractivity contribution in [1.82, 2.24) is 14.9 Å². The minimum Gasteiger partial charge on any atom is -0.443 e. The summed E-state index contributed by atoms with van der Waals surface area (Å²) in [5.74, 6) is 0.258. The molecular formula is C17H29N7O4. The van der Waals surface area contributed by atoms with Gasteiger partial charge in [0.1, 0.15) is 5.60 Å². The molecule has 0 radical (unpaired) electrons. The average molecular weight is 395 g/mol. The normalized spacial score (nSPS) is 19.0. The van der Waals surface area contributed by atoms with Gasteiger partial charge >= 0.3 is 6.09 Å². The van der Waals surface area contributed by atoms with Crippen molar-refractivity contribution in [3.8, 4) is 0 Å². The van der Waals surface area contributed by atoms with Crippen LogP contribution >= 0.6 is 0 Å². The van der Waals surface area contributed by atoms with Crippen molar-refractivity contribution in [2.24, 2.45) is 10.7 Å². The monoisotopic (exact) mass is 395 g/mol. The van der Waals surface area contributed by atoms with Crippen LogP contribution < -0.4 is 21.5 Å². The maximum Gasteiger partial charge on any atom is 0.415 e. The molecule has 0 aromatic carbocycles. The summed E-state index contributed by atoms with van der Waals surface area (Å²) in [4.78, 5) is 39.3. The Morgan fingerprint density at radius 3 is 2.68 bits per heavy atom. The van der Waals surface area contributed by atoms with Gasteiger partial charge in [-0.05, 0) is 27.7 Å². The Balaban J connectivity index is 2.53. The number of rotatable bonds is 4. The highest BCUT2D eigenvalue weighted by Crippen LogP contribution is 2.30. The van der Waals surface area contributed by atoms with Gasteiger partial charge in [-0.3, -0.25) is 14.7 Å². The van der Waals surface area contributed by atoms with E-state index < -0.39 is 35.4 Å². The van der Waals surface area contributed by atoms with E-state index in [2.05, 4.69) is 20.3 Å². The predicted molar refractivity (Wildman–Crippen MR) is 107 cm³/mol. The number of aliphatic hydroxyl groups excluding tert-OH is 1. The van der Waals surface area contributed by atoms with Gasteiger partial charge in [-0.1, -0.05) is 0 Å². The maximum absolute atomic E-state index is 12.9. The first-order valence-electron chi connectivity index (χ1n) is 8.95. The SMILES string of the molecule is CC(N)[C@H](O)C1CNc2nc(/N=C/N(C)C)[nH]c(=O)c2N1C(=O)OC(C)(C)C. The number of aliphatic hydroxyl groups is 1. The molecule has 0 saturated heterocycles. The van der Waals surface area contributed by atoms with Gasteiger partial charge in [0.25, 0.3) is 5.56 Å². The molecule has 2 heterocycles. The lowest BCUT2D eigenvalue weighted by Gasteiger charge is -2.40. The number of fused-ring (bicyclic) bond motifs is 1. The van der Waals surface area contributed by atoms with Gasteiger partial charge in [0.2, 0.25) is 5.95 Å². The van der Waals surface area contributed by atoms with Crippen molar-refractivity contribution in [2.75, 3.05) is 30.9 Å². The molecule has 1 aromatic rings. The summed E-state index contributed by atoms with van der Waals surface area (Å²) in [5, 5.41) is 13.5. The third-order valence-electron chi connectivity index (χ3n) is 3.87. The Hall–Kier alpha value is -2.66. The number of aromatic amines is 1.